The molecule has 4 heterocycles. The second-order valence-electron chi connectivity index (χ2n) is 11.0. The summed E-state index contributed by atoms with van der Waals surface area (Å²) in [5, 5.41) is 3.92. The third-order valence-electron chi connectivity index (χ3n) is 8.45. The Bertz CT molecular complexity index is 1420. The van der Waals surface area contributed by atoms with E-state index in [4.69, 9.17) is 9.47 Å². The van der Waals surface area contributed by atoms with E-state index in [2.05, 4.69) is 62.6 Å². The van der Waals surface area contributed by atoms with Gasteiger partial charge < -0.3 is 24.7 Å². The van der Waals surface area contributed by atoms with Crippen LogP contribution in [0.5, 0.6) is 0 Å². The maximum atomic E-state index is 12.7. The molecule has 2 atom stereocenters. The molecular weight excluding hydrogens is 541 g/mol. The molecule has 0 unspecified atom stereocenters. The molecule has 4 aliphatic rings. The highest BCUT2D eigenvalue weighted by atomic mass is 32.2. The number of aromatic amines is 1. The molecule has 210 valence electrons. The predicted octanol–water partition coefficient (Wildman–Crippen LogP) is 5.55. The number of ether oxygens (including phenoxy) is 2. The number of anilines is 2. The van der Waals surface area contributed by atoms with Gasteiger partial charge in [-0.25, -0.2) is 0 Å². The Balaban J connectivity index is 1.12. The summed E-state index contributed by atoms with van der Waals surface area (Å²) in [6, 6.07) is 18.1. The van der Waals surface area contributed by atoms with Crippen LogP contribution in [0.1, 0.15) is 25.7 Å². The van der Waals surface area contributed by atoms with Gasteiger partial charge in [0.1, 0.15) is 0 Å². The van der Waals surface area contributed by atoms with Crippen LogP contribution in [0.4, 0.5) is 11.4 Å². The van der Waals surface area contributed by atoms with E-state index in [1.807, 2.05) is 11.8 Å². The zero-order valence-electron chi connectivity index (χ0n) is 22.7. The van der Waals surface area contributed by atoms with Crippen LogP contribution in [0, 0.1) is 0 Å². The lowest BCUT2D eigenvalue weighted by atomic mass is 9.88. The van der Waals surface area contributed by atoms with Crippen molar-refractivity contribution in [1.82, 2.24) is 9.88 Å². The first-order valence-corrected chi connectivity index (χ1v) is 16.1. The molecule has 40 heavy (non-hydrogen) atoms. The molecule has 0 amide bonds. The number of hydrogen-bond donors (Lipinski definition) is 2. The van der Waals surface area contributed by atoms with Crippen molar-refractivity contribution in [1.29, 1.82) is 0 Å². The van der Waals surface area contributed by atoms with Crippen molar-refractivity contribution in [3.8, 4) is 11.3 Å². The standard InChI is InChI=1S/C31H36N4O3S2/c36-30-20-22(34-10-14-37-15-11-34)19-25(33-30)23-4-3-7-28-31(23)40-27-9-8-21(18-29(27)39-28)32-24-5-1-2-6-26(24)35-12-16-38-17-13-35/h3-4,7-9,18-20,24,26,32H,1-2,5-6,10-17H2,(H,33,36)/t24-,26+/m1/s1. The minimum atomic E-state index is -0.0701. The van der Waals surface area contributed by atoms with E-state index in [1.54, 1.807) is 17.8 Å². The Hall–Kier alpha value is -2.43. The smallest absolute Gasteiger partial charge is 0.250 e. The van der Waals surface area contributed by atoms with Gasteiger partial charge in [-0.3, -0.25) is 9.69 Å². The zero-order valence-corrected chi connectivity index (χ0v) is 24.3. The lowest BCUT2D eigenvalue weighted by Gasteiger charge is -2.42. The number of rotatable bonds is 5. The fraction of sp³-hybridized carbons (Fsp3) is 0.452. The first-order valence-electron chi connectivity index (χ1n) is 14.5. The molecule has 3 aliphatic heterocycles. The summed E-state index contributed by atoms with van der Waals surface area (Å²) < 4.78 is 11.1. The lowest BCUT2D eigenvalue weighted by Crippen LogP contribution is -2.52. The summed E-state index contributed by atoms with van der Waals surface area (Å²) in [7, 11) is 0. The molecule has 2 saturated heterocycles. The highest BCUT2D eigenvalue weighted by molar-refractivity contribution is 8.05. The fourth-order valence-corrected chi connectivity index (χ4v) is 8.83. The van der Waals surface area contributed by atoms with Crippen molar-refractivity contribution in [3.63, 3.8) is 0 Å². The molecule has 1 aromatic heterocycles. The van der Waals surface area contributed by atoms with Crippen LogP contribution in [0.15, 0.2) is 72.9 Å². The van der Waals surface area contributed by atoms with Gasteiger partial charge in [0.05, 0.1) is 32.1 Å². The largest absolute Gasteiger partial charge is 0.381 e. The number of pyridine rings is 1. The van der Waals surface area contributed by atoms with Gasteiger partial charge in [0.15, 0.2) is 0 Å². The van der Waals surface area contributed by atoms with Crippen molar-refractivity contribution in [3.05, 3.63) is 58.9 Å². The first-order chi connectivity index (χ1) is 19.7. The molecule has 2 N–H and O–H groups in total. The average Bonchev–Trinajstić information content (AvgIpc) is 3.00. The van der Waals surface area contributed by atoms with Crippen LogP contribution < -0.4 is 15.8 Å². The van der Waals surface area contributed by atoms with E-state index in [1.165, 1.54) is 51.0 Å². The summed E-state index contributed by atoms with van der Waals surface area (Å²) >= 11 is 3.63. The Morgan fingerprint density at radius 3 is 2.48 bits per heavy atom. The van der Waals surface area contributed by atoms with Crippen LogP contribution in [0.3, 0.4) is 0 Å². The maximum Gasteiger partial charge on any atom is 0.250 e. The minimum Gasteiger partial charge on any atom is -0.381 e. The molecule has 7 rings (SSSR count). The topological polar surface area (TPSA) is 69.8 Å². The molecule has 9 heteroatoms. The molecule has 1 aliphatic carbocycles. The summed E-state index contributed by atoms with van der Waals surface area (Å²) in [5.41, 5.74) is 4.04. The monoisotopic (exact) mass is 576 g/mol. The van der Waals surface area contributed by atoms with Gasteiger partial charge in [0, 0.05) is 80.8 Å². The Morgan fingerprint density at radius 1 is 0.825 bits per heavy atom. The first kappa shape index (κ1) is 26.5. The van der Waals surface area contributed by atoms with Crippen LogP contribution in [0.2, 0.25) is 0 Å². The number of nitrogens with one attached hydrogen (secondary N) is 2. The number of benzene rings is 2. The van der Waals surface area contributed by atoms with Crippen LogP contribution >= 0.6 is 23.5 Å². The normalized spacial score (nSPS) is 23.4. The number of fused-ring (bicyclic) bond motifs is 2. The summed E-state index contributed by atoms with van der Waals surface area (Å²) in [6.45, 7) is 6.77. The van der Waals surface area contributed by atoms with E-state index in [9.17, 15) is 4.79 Å². The van der Waals surface area contributed by atoms with Crippen LogP contribution in [-0.4, -0.2) is 74.6 Å². The van der Waals surface area contributed by atoms with E-state index in [0.29, 0.717) is 25.3 Å². The van der Waals surface area contributed by atoms with Crippen molar-refractivity contribution in [2.75, 3.05) is 62.8 Å². The highest BCUT2D eigenvalue weighted by Crippen LogP contribution is 2.52. The Kier molecular flexibility index (Phi) is 7.82. The SMILES string of the molecule is O=c1cc(N2CCOCC2)cc(-c2cccc3c2Sc2ccc(N[C@@H]4CCCC[C@@H]4N4CCOCC4)cc2S3)[nH]1. The summed E-state index contributed by atoms with van der Waals surface area (Å²) in [5.74, 6) is 0. The molecule has 2 aromatic carbocycles. The Morgan fingerprint density at radius 2 is 1.62 bits per heavy atom. The van der Waals surface area contributed by atoms with E-state index in [0.717, 1.165) is 56.3 Å². The molecule has 1 saturated carbocycles. The second kappa shape index (κ2) is 11.8. The van der Waals surface area contributed by atoms with Gasteiger partial charge in [0.25, 0.3) is 0 Å². The number of H-pyrrole nitrogens is 1. The minimum absolute atomic E-state index is 0.0701. The van der Waals surface area contributed by atoms with Gasteiger partial charge >= 0.3 is 0 Å². The van der Waals surface area contributed by atoms with Gasteiger partial charge in [-0.15, -0.1) is 0 Å². The van der Waals surface area contributed by atoms with E-state index in [-0.39, 0.29) is 5.56 Å². The molecule has 3 fully saturated rings. The number of morpholine rings is 2. The van der Waals surface area contributed by atoms with Gasteiger partial charge in [-0.1, -0.05) is 48.5 Å². The zero-order chi connectivity index (χ0) is 26.9. The average molecular weight is 577 g/mol. The number of hydrogen-bond acceptors (Lipinski definition) is 8. The molecular formula is C31H36N4O3S2. The summed E-state index contributed by atoms with van der Waals surface area (Å²) in [4.78, 5) is 25.6. The molecule has 0 radical (unpaired) electrons. The van der Waals surface area contributed by atoms with Gasteiger partial charge in [0.2, 0.25) is 5.56 Å². The van der Waals surface area contributed by atoms with Crippen molar-refractivity contribution < 1.29 is 9.47 Å². The third kappa shape index (κ3) is 5.54. The van der Waals surface area contributed by atoms with Crippen LogP contribution in [-0.2, 0) is 9.47 Å². The predicted molar refractivity (Wildman–Crippen MR) is 162 cm³/mol. The molecule has 7 nitrogen and oxygen atoms in total. The molecule has 0 bridgehead atoms. The van der Waals surface area contributed by atoms with Crippen molar-refractivity contribution in [2.45, 2.75) is 57.3 Å². The highest BCUT2D eigenvalue weighted by Gasteiger charge is 2.31. The van der Waals surface area contributed by atoms with Crippen LogP contribution in [0.25, 0.3) is 11.3 Å². The molecule has 3 aromatic rings. The van der Waals surface area contributed by atoms with Gasteiger partial charge in [-0.2, -0.15) is 0 Å². The van der Waals surface area contributed by atoms with Gasteiger partial charge in [-0.05, 0) is 43.2 Å². The number of nitrogens with zero attached hydrogens (tertiary/aromatic N) is 2. The number of aromatic nitrogens is 1. The second-order valence-corrected chi connectivity index (χ2v) is 13.1. The van der Waals surface area contributed by atoms with E-state index < -0.39 is 0 Å². The Labute approximate surface area is 244 Å². The van der Waals surface area contributed by atoms with Crippen molar-refractivity contribution in [2.24, 2.45) is 0 Å². The lowest BCUT2D eigenvalue weighted by molar-refractivity contribution is 0.00560. The van der Waals surface area contributed by atoms with Crippen molar-refractivity contribution >= 4 is 34.9 Å². The summed E-state index contributed by atoms with van der Waals surface area (Å²) in [6.07, 6.45) is 5.09. The third-order valence-corrected chi connectivity index (χ3v) is 11.0. The quantitative estimate of drug-likeness (QED) is 0.321. The molecule has 0 spiro atoms. The van der Waals surface area contributed by atoms with E-state index >= 15 is 0 Å². The fourth-order valence-electron chi connectivity index (χ4n) is 6.42. The maximum absolute atomic E-state index is 12.7.